The van der Waals surface area contributed by atoms with E-state index >= 15 is 0 Å². The van der Waals surface area contributed by atoms with Crippen LogP contribution in [0.3, 0.4) is 0 Å². The molecule has 0 spiro atoms. The van der Waals surface area contributed by atoms with Gasteiger partial charge in [-0.1, -0.05) is 42.5 Å². The molecule has 0 fully saturated rings. The minimum atomic E-state index is -5.85. The number of nitrogens with zero attached hydrogens (tertiary/aromatic N) is 2. The summed E-state index contributed by atoms with van der Waals surface area (Å²) in [5, 5.41) is 3.88. The number of carbonyl (C=O) groups excluding carboxylic acids is 1. The molecule has 1 N–H and O–H groups in total. The molecule has 3 aromatic rings. The van der Waals surface area contributed by atoms with Gasteiger partial charge in [0.1, 0.15) is 5.60 Å². The minimum Gasteiger partial charge on any atom is -0.444 e. The SMILES string of the molecule is C[C@H](CN(CCc1ccccc1)C(=O)OC(C)(C)C)NCc1ccc2cncc(OS(=O)(=O)C(F)(F)F)c2c1. The van der Waals surface area contributed by atoms with Gasteiger partial charge in [0, 0.05) is 42.6 Å². The van der Waals surface area contributed by atoms with Crippen LogP contribution in [0.4, 0.5) is 18.0 Å². The molecule has 3 rings (SSSR count). The first kappa shape index (κ1) is 30.2. The molecule has 12 heteroatoms. The van der Waals surface area contributed by atoms with Gasteiger partial charge in [0.15, 0.2) is 5.75 Å². The summed E-state index contributed by atoms with van der Waals surface area (Å²) in [6, 6.07) is 14.5. The maximum absolute atomic E-state index is 12.9. The van der Waals surface area contributed by atoms with E-state index < -0.39 is 33.1 Å². The van der Waals surface area contributed by atoms with Gasteiger partial charge in [0.2, 0.25) is 0 Å². The summed E-state index contributed by atoms with van der Waals surface area (Å²) < 4.78 is 71.5. The molecule has 0 saturated heterocycles. The molecule has 0 aliphatic heterocycles. The summed E-state index contributed by atoms with van der Waals surface area (Å²) in [5.74, 6) is -0.517. The number of benzene rings is 2. The number of rotatable bonds is 10. The van der Waals surface area contributed by atoms with Crippen LogP contribution in [0.15, 0.2) is 60.9 Å². The van der Waals surface area contributed by atoms with E-state index in [0.717, 1.165) is 11.8 Å². The number of amides is 1. The molecule has 1 atom stereocenters. The van der Waals surface area contributed by atoms with Crippen LogP contribution in [0.5, 0.6) is 5.75 Å². The van der Waals surface area contributed by atoms with Crippen molar-refractivity contribution in [3.05, 3.63) is 72.1 Å². The van der Waals surface area contributed by atoms with E-state index in [-0.39, 0.29) is 11.4 Å². The molecule has 1 aromatic heterocycles. The number of aromatic nitrogens is 1. The first-order valence-electron chi connectivity index (χ1n) is 12.3. The first-order valence-corrected chi connectivity index (χ1v) is 13.7. The average Bonchev–Trinajstić information content (AvgIpc) is 2.84. The molecule has 2 aromatic carbocycles. The number of hydrogen-bond acceptors (Lipinski definition) is 7. The second-order valence-electron chi connectivity index (χ2n) is 10.1. The highest BCUT2D eigenvalue weighted by atomic mass is 32.2. The Labute approximate surface area is 226 Å². The predicted octanol–water partition coefficient (Wildman–Crippen LogP) is 5.42. The lowest BCUT2D eigenvalue weighted by molar-refractivity contribution is -0.0499. The highest BCUT2D eigenvalue weighted by molar-refractivity contribution is 7.88. The Balaban J connectivity index is 1.71. The third-order valence-corrected chi connectivity index (χ3v) is 6.55. The molecule has 0 bridgehead atoms. The second-order valence-corrected chi connectivity index (χ2v) is 11.7. The lowest BCUT2D eigenvalue weighted by Gasteiger charge is -2.29. The van der Waals surface area contributed by atoms with Gasteiger partial charge in [0.05, 0.1) is 6.20 Å². The molecule has 1 heterocycles. The van der Waals surface area contributed by atoms with Crippen molar-refractivity contribution in [3.8, 4) is 5.75 Å². The van der Waals surface area contributed by atoms with Gasteiger partial charge in [-0.3, -0.25) is 4.98 Å². The van der Waals surface area contributed by atoms with Crippen LogP contribution in [-0.4, -0.2) is 54.6 Å². The topological polar surface area (TPSA) is 97.8 Å². The fraction of sp³-hybridized carbons (Fsp3) is 0.407. The predicted molar refractivity (Wildman–Crippen MR) is 142 cm³/mol. The number of nitrogens with one attached hydrogen (secondary N) is 1. The Morgan fingerprint density at radius 3 is 2.38 bits per heavy atom. The molecule has 0 unspecified atom stereocenters. The van der Waals surface area contributed by atoms with Crippen molar-refractivity contribution in [2.24, 2.45) is 0 Å². The van der Waals surface area contributed by atoms with Crippen LogP contribution >= 0.6 is 0 Å². The number of halogens is 3. The van der Waals surface area contributed by atoms with E-state index in [1.165, 1.54) is 6.20 Å². The molecule has 0 aliphatic rings. The summed E-state index contributed by atoms with van der Waals surface area (Å²) in [4.78, 5) is 18.3. The monoisotopic (exact) mass is 567 g/mol. The summed E-state index contributed by atoms with van der Waals surface area (Å²) in [7, 11) is -5.85. The smallest absolute Gasteiger partial charge is 0.444 e. The molecular weight excluding hydrogens is 535 g/mol. The highest BCUT2D eigenvalue weighted by Gasteiger charge is 2.48. The van der Waals surface area contributed by atoms with Crippen LogP contribution in [-0.2, 0) is 27.8 Å². The quantitative estimate of drug-likeness (QED) is 0.258. The minimum absolute atomic E-state index is 0.169. The molecule has 39 heavy (non-hydrogen) atoms. The zero-order valence-corrected chi connectivity index (χ0v) is 23.0. The average molecular weight is 568 g/mol. The van der Waals surface area contributed by atoms with Crippen molar-refractivity contribution in [2.45, 2.75) is 57.8 Å². The Morgan fingerprint density at radius 2 is 1.74 bits per heavy atom. The zero-order valence-electron chi connectivity index (χ0n) is 22.2. The number of alkyl halides is 3. The lowest BCUT2D eigenvalue weighted by Crippen LogP contribution is -2.45. The molecule has 212 valence electrons. The Bertz CT molecular complexity index is 1380. The maximum Gasteiger partial charge on any atom is 0.534 e. The van der Waals surface area contributed by atoms with E-state index in [2.05, 4.69) is 14.5 Å². The van der Waals surface area contributed by atoms with E-state index in [1.54, 1.807) is 43.9 Å². The van der Waals surface area contributed by atoms with Gasteiger partial charge in [-0.25, -0.2) is 4.79 Å². The van der Waals surface area contributed by atoms with Crippen LogP contribution in [0, 0.1) is 0 Å². The van der Waals surface area contributed by atoms with Crippen LogP contribution in [0.25, 0.3) is 10.8 Å². The molecule has 0 saturated carbocycles. The summed E-state index contributed by atoms with van der Waals surface area (Å²) in [5.41, 5.74) is -4.46. The summed E-state index contributed by atoms with van der Waals surface area (Å²) >= 11 is 0. The van der Waals surface area contributed by atoms with Crippen molar-refractivity contribution in [1.82, 2.24) is 15.2 Å². The van der Waals surface area contributed by atoms with Gasteiger partial charge < -0.3 is 19.1 Å². The Kier molecular flexibility index (Phi) is 9.44. The molecule has 8 nitrogen and oxygen atoms in total. The van der Waals surface area contributed by atoms with Crippen molar-refractivity contribution < 1.29 is 35.3 Å². The van der Waals surface area contributed by atoms with Crippen LogP contribution in [0.2, 0.25) is 0 Å². The zero-order chi connectivity index (χ0) is 28.8. The maximum atomic E-state index is 12.9. The highest BCUT2D eigenvalue weighted by Crippen LogP contribution is 2.31. The molecular formula is C27H32F3N3O5S. The number of fused-ring (bicyclic) bond motifs is 1. The van der Waals surface area contributed by atoms with E-state index in [9.17, 15) is 26.4 Å². The summed E-state index contributed by atoms with van der Waals surface area (Å²) in [6.45, 7) is 8.39. The third kappa shape index (κ3) is 8.82. The lowest BCUT2D eigenvalue weighted by atomic mass is 10.1. The van der Waals surface area contributed by atoms with Crippen molar-refractivity contribution in [2.75, 3.05) is 13.1 Å². The van der Waals surface area contributed by atoms with Gasteiger partial charge in [-0.15, -0.1) is 0 Å². The third-order valence-electron chi connectivity index (χ3n) is 5.59. The van der Waals surface area contributed by atoms with E-state index in [1.807, 2.05) is 37.3 Å². The second kappa shape index (κ2) is 12.2. The Morgan fingerprint density at radius 1 is 1.05 bits per heavy atom. The van der Waals surface area contributed by atoms with E-state index in [4.69, 9.17) is 4.74 Å². The van der Waals surface area contributed by atoms with Gasteiger partial charge in [-0.05, 0) is 51.3 Å². The Hall–Kier alpha value is -3.38. The largest absolute Gasteiger partial charge is 0.534 e. The van der Waals surface area contributed by atoms with Crippen LogP contribution in [0.1, 0.15) is 38.8 Å². The van der Waals surface area contributed by atoms with Gasteiger partial charge in [-0.2, -0.15) is 21.6 Å². The van der Waals surface area contributed by atoms with Crippen molar-refractivity contribution in [3.63, 3.8) is 0 Å². The van der Waals surface area contributed by atoms with Crippen molar-refractivity contribution >= 4 is 27.0 Å². The van der Waals surface area contributed by atoms with Crippen LogP contribution < -0.4 is 9.50 Å². The molecule has 1 amide bonds. The van der Waals surface area contributed by atoms with Crippen molar-refractivity contribution in [1.29, 1.82) is 0 Å². The number of pyridine rings is 1. The number of carbonyl (C=O) groups is 1. The van der Waals surface area contributed by atoms with Gasteiger partial charge in [0.25, 0.3) is 0 Å². The fourth-order valence-electron chi connectivity index (χ4n) is 3.71. The van der Waals surface area contributed by atoms with E-state index in [0.29, 0.717) is 37.0 Å². The fourth-order valence-corrected chi connectivity index (χ4v) is 4.17. The van der Waals surface area contributed by atoms with Gasteiger partial charge >= 0.3 is 21.7 Å². The molecule has 0 radical (unpaired) electrons. The summed E-state index contributed by atoms with van der Waals surface area (Å²) in [6.07, 6.45) is 2.54. The number of hydrogen-bond donors (Lipinski definition) is 1. The number of ether oxygens (including phenoxy) is 1. The first-order chi connectivity index (χ1) is 18.1. The normalized spacial score (nSPS) is 13.2. The molecule has 0 aliphatic carbocycles. The standard InChI is InChI=1S/C27H32F3N3O5S/c1-19(18-33(25(34)37-26(2,3)4)13-12-20-8-6-5-7-9-20)32-15-21-10-11-22-16-31-17-24(23(22)14-21)38-39(35,36)27(28,29)30/h5-11,14,16-17,19,32H,12-13,15,18H2,1-4H3/t19-/m1/s1.